The molecule has 1 heterocycles. The molecule has 0 amide bonds. The van der Waals surface area contributed by atoms with Gasteiger partial charge in [-0.1, -0.05) is 0 Å². The van der Waals surface area contributed by atoms with Gasteiger partial charge in [-0.05, 0) is 18.2 Å². The summed E-state index contributed by atoms with van der Waals surface area (Å²) >= 11 is 0. The second-order valence-electron chi connectivity index (χ2n) is 2.52. The van der Waals surface area contributed by atoms with E-state index in [1.807, 2.05) is 18.2 Å². The van der Waals surface area contributed by atoms with Crippen LogP contribution in [0.2, 0.25) is 0 Å². The van der Waals surface area contributed by atoms with Crippen LogP contribution in [0.3, 0.4) is 0 Å². The van der Waals surface area contributed by atoms with Gasteiger partial charge in [0.1, 0.15) is 11.4 Å². The van der Waals surface area contributed by atoms with E-state index < -0.39 is 0 Å². The first kappa shape index (κ1) is 7.03. The zero-order valence-electron chi connectivity index (χ0n) is 6.70. The third kappa shape index (κ3) is 0.830. The van der Waals surface area contributed by atoms with Crippen molar-refractivity contribution in [3.8, 4) is 5.75 Å². The third-order valence-electron chi connectivity index (χ3n) is 1.84. The fraction of sp³-hybridized carbons (Fsp3) is 0.111. The van der Waals surface area contributed by atoms with Crippen LogP contribution < -0.4 is 10.5 Å². The van der Waals surface area contributed by atoms with Gasteiger partial charge >= 0.3 is 0 Å². The average molecular weight is 163 g/mol. The lowest BCUT2D eigenvalue weighted by Crippen LogP contribution is -1.91. The van der Waals surface area contributed by atoms with Crippen molar-refractivity contribution in [2.75, 3.05) is 12.8 Å². The summed E-state index contributed by atoms with van der Waals surface area (Å²) < 4.78 is 10.2. The number of nitrogen functional groups attached to an aromatic ring is 1. The van der Waals surface area contributed by atoms with E-state index in [9.17, 15) is 0 Å². The zero-order chi connectivity index (χ0) is 8.55. The summed E-state index contributed by atoms with van der Waals surface area (Å²) in [6.45, 7) is 0. The molecule has 0 saturated carbocycles. The molecule has 0 atom stereocenters. The van der Waals surface area contributed by atoms with E-state index >= 15 is 0 Å². The molecule has 0 aliphatic rings. The lowest BCUT2D eigenvalue weighted by atomic mass is 10.2. The number of fused-ring (bicyclic) bond motifs is 1. The minimum atomic E-state index is 0.556. The van der Waals surface area contributed by atoms with Crippen LogP contribution in [0.4, 0.5) is 5.69 Å². The minimum absolute atomic E-state index is 0.556. The Morgan fingerprint density at radius 3 is 2.92 bits per heavy atom. The molecule has 3 nitrogen and oxygen atoms in total. The molecule has 0 aliphatic carbocycles. The van der Waals surface area contributed by atoms with Crippen molar-refractivity contribution < 1.29 is 9.15 Å². The highest BCUT2D eigenvalue weighted by Gasteiger charge is 2.05. The third-order valence-corrected chi connectivity index (χ3v) is 1.84. The molecule has 2 N–H and O–H groups in total. The van der Waals surface area contributed by atoms with Crippen LogP contribution >= 0.6 is 0 Å². The molecule has 0 spiro atoms. The molecule has 0 saturated heterocycles. The van der Waals surface area contributed by atoms with Gasteiger partial charge in [0.15, 0.2) is 5.58 Å². The second-order valence-corrected chi connectivity index (χ2v) is 2.52. The standard InChI is InChI=1S/C9H9NO2/c1-11-7-3-2-6-4-5-12-9(6)8(7)10/h2-5H,10H2,1H3. The van der Waals surface area contributed by atoms with Crippen molar-refractivity contribution >= 4 is 16.7 Å². The summed E-state index contributed by atoms with van der Waals surface area (Å²) in [7, 11) is 1.58. The number of rotatable bonds is 1. The molecule has 2 aromatic rings. The quantitative estimate of drug-likeness (QED) is 0.654. The normalized spacial score (nSPS) is 10.4. The van der Waals surface area contributed by atoms with Gasteiger partial charge in [0.25, 0.3) is 0 Å². The van der Waals surface area contributed by atoms with Crippen LogP contribution in [-0.4, -0.2) is 7.11 Å². The van der Waals surface area contributed by atoms with Crippen molar-refractivity contribution in [2.45, 2.75) is 0 Å². The van der Waals surface area contributed by atoms with Crippen molar-refractivity contribution in [1.82, 2.24) is 0 Å². The first-order valence-corrected chi connectivity index (χ1v) is 3.62. The Labute approximate surface area is 69.7 Å². The topological polar surface area (TPSA) is 48.4 Å². The van der Waals surface area contributed by atoms with Crippen LogP contribution in [0.1, 0.15) is 0 Å². The Kier molecular flexibility index (Phi) is 1.43. The monoisotopic (exact) mass is 163 g/mol. The maximum Gasteiger partial charge on any atom is 0.160 e. The SMILES string of the molecule is COc1ccc2ccoc2c1N. The van der Waals surface area contributed by atoms with Gasteiger partial charge in [0.2, 0.25) is 0 Å². The molecule has 0 radical (unpaired) electrons. The van der Waals surface area contributed by atoms with Gasteiger partial charge in [-0.3, -0.25) is 0 Å². The van der Waals surface area contributed by atoms with Crippen molar-refractivity contribution in [1.29, 1.82) is 0 Å². The summed E-state index contributed by atoms with van der Waals surface area (Å²) in [6.07, 6.45) is 1.61. The molecule has 1 aromatic heterocycles. The largest absolute Gasteiger partial charge is 0.494 e. The lowest BCUT2D eigenvalue weighted by Gasteiger charge is -2.02. The van der Waals surface area contributed by atoms with E-state index in [1.165, 1.54) is 0 Å². The number of ether oxygens (including phenoxy) is 1. The smallest absolute Gasteiger partial charge is 0.160 e. The number of methoxy groups -OCH3 is 1. The highest BCUT2D eigenvalue weighted by atomic mass is 16.5. The predicted octanol–water partition coefficient (Wildman–Crippen LogP) is 2.02. The molecule has 3 heteroatoms. The van der Waals surface area contributed by atoms with E-state index in [0.717, 1.165) is 5.39 Å². The number of hydrogen-bond donors (Lipinski definition) is 1. The van der Waals surface area contributed by atoms with E-state index in [4.69, 9.17) is 14.9 Å². The number of anilines is 1. The highest BCUT2D eigenvalue weighted by Crippen LogP contribution is 2.30. The molecule has 12 heavy (non-hydrogen) atoms. The average Bonchev–Trinajstić information content (AvgIpc) is 2.53. The maximum absolute atomic E-state index is 5.76. The van der Waals surface area contributed by atoms with E-state index in [-0.39, 0.29) is 0 Å². The summed E-state index contributed by atoms with van der Waals surface area (Å²) in [5.74, 6) is 0.650. The van der Waals surface area contributed by atoms with Crippen LogP contribution in [-0.2, 0) is 0 Å². The summed E-state index contributed by atoms with van der Waals surface area (Å²) in [6, 6.07) is 5.60. The Bertz CT molecular complexity index is 406. The van der Waals surface area contributed by atoms with Crippen molar-refractivity contribution in [2.24, 2.45) is 0 Å². The summed E-state index contributed by atoms with van der Waals surface area (Å²) in [5.41, 5.74) is 7.00. The first-order valence-electron chi connectivity index (χ1n) is 3.62. The highest BCUT2D eigenvalue weighted by molar-refractivity contribution is 5.91. The van der Waals surface area contributed by atoms with Gasteiger partial charge in [-0.15, -0.1) is 0 Å². The van der Waals surface area contributed by atoms with Gasteiger partial charge in [-0.2, -0.15) is 0 Å². The second kappa shape index (κ2) is 2.44. The molecule has 0 aliphatic heterocycles. The van der Waals surface area contributed by atoms with Gasteiger partial charge < -0.3 is 14.9 Å². The van der Waals surface area contributed by atoms with Crippen LogP contribution in [0.15, 0.2) is 28.9 Å². The van der Waals surface area contributed by atoms with Crippen LogP contribution in [0.5, 0.6) is 5.75 Å². The molecular weight excluding hydrogens is 154 g/mol. The van der Waals surface area contributed by atoms with Crippen molar-refractivity contribution in [3.05, 3.63) is 24.5 Å². The molecular formula is C9H9NO2. The lowest BCUT2D eigenvalue weighted by molar-refractivity contribution is 0.417. The summed E-state index contributed by atoms with van der Waals surface area (Å²) in [4.78, 5) is 0. The molecule has 0 unspecified atom stereocenters. The molecule has 0 bridgehead atoms. The number of nitrogens with two attached hydrogens (primary N) is 1. The Hall–Kier alpha value is -1.64. The predicted molar refractivity (Wildman–Crippen MR) is 47.2 cm³/mol. The van der Waals surface area contributed by atoms with Gasteiger partial charge in [-0.25, -0.2) is 0 Å². The number of furan rings is 1. The van der Waals surface area contributed by atoms with Gasteiger partial charge in [0.05, 0.1) is 13.4 Å². The fourth-order valence-corrected chi connectivity index (χ4v) is 1.21. The first-order chi connectivity index (χ1) is 5.83. The van der Waals surface area contributed by atoms with Crippen molar-refractivity contribution in [3.63, 3.8) is 0 Å². The minimum Gasteiger partial charge on any atom is -0.494 e. The number of hydrogen-bond acceptors (Lipinski definition) is 3. The van der Waals surface area contributed by atoms with Crippen LogP contribution in [0, 0.1) is 0 Å². The number of benzene rings is 1. The van der Waals surface area contributed by atoms with E-state index in [0.29, 0.717) is 17.0 Å². The fourth-order valence-electron chi connectivity index (χ4n) is 1.21. The Morgan fingerprint density at radius 1 is 1.33 bits per heavy atom. The van der Waals surface area contributed by atoms with E-state index in [2.05, 4.69) is 0 Å². The Balaban J connectivity index is 2.78. The Morgan fingerprint density at radius 2 is 2.17 bits per heavy atom. The van der Waals surface area contributed by atoms with Gasteiger partial charge in [0, 0.05) is 5.39 Å². The molecule has 62 valence electrons. The maximum atomic E-state index is 5.76. The molecule has 2 rings (SSSR count). The summed E-state index contributed by atoms with van der Waals surface area (Å²) in [5, 5.41) is 0.994. The molecule has 0 fully saturated rings. The molecule has 1 aromatic carbocycles. The van der Waals surface area contributed by atoms with Crippen LogP contribution in [0.25, 0.3) is 11.0 Å². The van der Waals surface area contributed by atoms with E-state index in [1.54, 1.807) is 13.4 Å². The zero-order valence-corrected chi connectivity index (χ0v) is 6.70.